The van der Waals surface area contributed by atoms with Crippen LogP contribution in [0, 0.1) is 0 Å². The number of hydrogen-bond donors (Lipinski definition) is 2. The van der Waals surface area contributed by atoms with Gasteiger partial charge < -0.3 is 10.1 Å². The van der Waals surface area contributed by atoms with Crippen LogP contribution in [0.2, 0.25) is 5.02 Å². The lowest BCUT2D eigenvalue weighted by Gasteiger charge is -2.20. The Kier molecular flexibility index (Phi) is 7.51. The highest BCUT2D eigenvalue weighted by Crippen LogP contribution is 2.27. The lowest BCUT2D eigenvalue weighted by Crippen LogP contribution is -2.43. The molecule has 0 aliphatic heterocycles. The minimum atomic E-state index is -3.60. The molecular weight excluding hydrogens is 352 g/mol. The van der Waals surface area contributed by atoms with E-state index in [1.807, 2.05) is 27.7 Å². The van der Waals surface area contributed by atoms with Crippen molar-refractivity contribution in [2.75, 3.05) is 13.2 Å². The van der Waals surface area contributed by atoms with Crippen molar-refractivity contribution in [1.29, 1.82) is 0 Å². The Morgan fingerprint density at radius 3 is 2.50 bits per heavy atom. The molecule has 1 aromatic carbocycles. The summed E-state index contributed by atoms with van der Waals surface area (Å²) in [6.07, 6.45) is 1.66. The van der Waals surface area contributed by atoms with E-state index in [2.05, 4.69) is 10.0 Å². The van der Waals surface area contributed by atoms with Gasteiger partial charge in [0.25, 0.3) is 5.91 Å². The van der Waals surface area contributed by atoms with Crippen LogP contribution in [-0.4, -0.2) is 33.0 Å². The minimum absolute atomic E-state index is 0.0649. The topological polar surface area (TPSA) is 84.5 Å². The number of unbranched alkanes of at least 4 members (excludes halogenated alkanes) is 1. The van der Waals surface area contributed by atoms with Crippen molar-refractivity contribution in [2.24, 2.45) is 0 Å². The van der Waals surface area contributed by atoms with Gasteiger partial charge in [-0.3, -0.25) is 4.79 Å². The Morgan fingerprint density at radius 2 is 1.96 bits per heavy atom. The van der Waals surface area contributed by atoms with Crippen LogP contribution in [0.1, 0.15) is 40.5 Å². The van der Waals surface area contributed by atoms with Gasteiger partial charge in [0.15, 0.2) is 6.61 Å². The van der Waals surface area contributed by atoms with E-state index in [9.17, 15) is 13.2 Å². The number of amides is 1. The fraction of sp³-hybridized carbons (Fsp3) is 0.562. The van der Waals surface area contributed by atoms with E-state index in [0.29, 0.717) is 6.54 Å². The average molecular weight is 377 g/mol. The van der Waals surface area contributed by atoms with Gasteiger partial charge >= 0.3 is 0 Å². The molecule has 0 heterocycles. The Morgan fingerprint density at radius 1 is 1.29 bits per heavy atom. The van der Waals surface area contributed by atoms with Crippen LogP contribution < -0.4 is 14.8 Å². The molecule has 1 rings (SSSR count). The first-order chi connectivity index (χ1) is 11.0. The summed E-state index contributed by atoms with van der Waals surface area (Å²) in [5.41, 5.74) is -0.355. The maximum Gasteiger partial charge on any atom is 0.258 e. The lowest BCUT2D eigenvalue weighted by atomic mass is 10.1. The standard InChI is InChI=1S/C16H25ClN2O4S/c1-5-6-9-18-24(21,22)12-7-8-14(13(17)10-12)23-11-15(20)19-16(2,3)4/h7-8,10,18H,5-6,9,11H2,1-4H3,(H,19,20). The van der Waals surface area contributed by atoms with Gasteiger partial charge in [-0.25, -0.2) is 13.1 Å². The van der Waals surface area contributed by atoms with Gasteiger partial charge in [-0.1, -0.05) is 24.9 Å². The number of hydrogen-bond acceptors (Lipinski definition) is 4. The maximum absolute atomic E-state index is 12.1. The number of carbonyl (C=O) groups excluding carboxylic acids is 1. The predicted octanol–water partition coefficient (Wildman–Crippen LogP) is 2.71. The highest BCUT2D eigenvalue weighted by molar-refractivity contribution is 7.89. The largest absolute Gasteiger partial charge is 0.482 e. The monoisotopic (exact) mass is 376 g/mol. The number of rotatable bonds is 8. The lowest BCUT2D eigenvalue weighted by molar-refractivity contribution is -0.124. The van der Waals surface area contributed by atoms with Crippen LogP contribution >= 0.6 is 11.6 Å². The molecule has 0 fully saturated rings. The molecule has 0 saturated heterocycles. The molecule has 0 saturated carbocycles. The van der Waals surface area contributed by atoms with Gasteiger partial charge in [0.2, 0.25) is 10.0 Å². The molecule has 2 N–H and O–H groups in total. The molecule has 0 aliphatic rings. The van der Waals surface area contributed by atoms with Gasteiger partial charge in [-0.2, -0.15) is 0 Å². The molecule has 0 aromatic heterocycles. The third kappa shape index (κ3) is 7.07. The summed E-state index contributed by atoms with van der Waals surface area (Å²) in [4.78, 5) is 11.8. The molecule has 0 bridgehead atoms. The molecule has 0 unspecified atom stereocenters. The zero-order chi connectivity index (χ0) is 18.4. The molecule has 1 aromatic rings. The van der Waals surface area contributed by atoms with Crippen molar-refractivity contribution in [1.82, 2.24) is 10.0 Å². The molecule has 0 spiro atoms. The van der Waals surface area contributed by atoms with E-state index in [0.717, 1.165) is 12.8 Å². The molecule has 6 nitrogen and oxygen atoms in total. The van der Waals surface area contributed by atoms with Gasteiger partial charge in [0, 0.05) is 12.1 Å². The molecule has 24 heavy (non-hydrogen) atoms. The molecule has 0 atom stereocenters. The smallest absolute Gasteiger partial charge is 0.258 e. The van der Waals surface area contributed by atoms with Crippen LogP contribution in [0.15, 0.2) is 23.1 Å². The SMILES string of the molecule is CCCCNS(=O)(=O)c1ccc(OCC(=O)NC(C)(C)C)c(Cl)c1. The van der Waals surface area contributed by atoms with E-state index in [1.54, 1.807) is 0 Å². The number of benzene rings is 1. The van der Waals surface area contributed by atoms with Gasteiger partial charge in [-0.15, -0.1) is 0 Å². The summed E-state index contributed by atoms with van der Waals surface area (Å²) < 4.78 is 32.1. The van der Waals surface area contributed by atoms with Crippen molar-refractivity contribution in [3.05, 3.63) is 23.2 Å². The number of carbonyl (C=O) groups is 1. The van der Waals surface area contributed by atoms with E-state index >= 15 is 0 Å². The van der Waals surface area contributed by atoms with E-state index in [-0.39, 0.29) is 33.7 Å². The normalized spacial score (nSPS) is 12.0. The Bertz CT molecular complexity index is 669. The van der Waals surface area contributed by atoms with Crippen LogP contribution in [-0.2, 0) is 14.8 Å². The predicted molar refractivity (Wildman–Crippen MR) is 94.9 cm³/mol. The summed E-state index contributed by atoms with van der Waals surface area (Å²) in [6, 6.07) is 4.16. The Balaban J connectivity index is 2.73. The zero-order valence-electron chi connectivity index (χ0n) is 14.5. The molecule has 136 valence electrons. The van der Waals surface area contributed by atoms with E-state index in [4.69, 9.17) is 16.3 Å². The third-order valence-corrected chi connectivity index (χ3v) is 4.66. The number of sulfonamides is 1. The summed E-state index contributed by atoms with van der Waals surface area (Å²) in [5, 5.41) is 2.90. The molecule has 8 heteroatoms. The average Bonchev–Trinajstić information content (AvgIpc) is 2.44. The van der Waals surface area contributed by atoms with Crippen LogP contribution in [0.4, 0.5) is 0 Å². The van der Waals surface area contributed by atoms with Crippen molar-refractivity contribution in [3.63, 3.8) is 0 Å². The second kappa shape index (κ2) is 8.69. The summed E-state index contributed by atoms with van der Waals surface area (Å²) >= 11 is 6.06. The second-order valence-corrected chi connectivity index (χ2v) is 8.60. The molecular formula is C16H25ClN2O4S. The minimum Gasteiger partial charge on any atom is -0.482 e. The van der Waals surface area contributed by atoms with Crippen molar-refractivity contribution in [2.45, 2.75) is 51.0 Å². The number of nitrogens with one attached hydrogen (secondary N) is 2. The zero-order valence-corrected chi connectivity index (χ0v) is 16.1. The van der Waals surface area contributed by atoms with Crippen molar-refractivity contribution >= 4 is 27.5 Å². The van der Waals surface area contributed by atoms with Gasteiger partial charge in [0.1, 0.15) is 5.75 Å². The fourth-order valence-electron chi connectivity index (χ4n) is 1.83. The fourth-order valence-corrected chi connectivity index (χ4v) is 3.23. The summed E-state index contributed by atoms with van der Waals surface area (Å²) in [7, 11) is -3.60. The van der Waals surface area contributed by atoms with Crippen molar-refractivity contribution < 1.29 is 17.9 Å². The highest BCUT2D eigenvalue weighted by Gasteiger charge is 2.17. The maximum atomic E-state index is 12.1. The third-order valence-electron chi connectivity index (χ3n) is 2.91. The molecule has 0 aliphatic carbocycles. The first-order valence-electron chi connectivity index (χ1n) is 7.78. The molecule has 0 radical (unpaired) electrons. The quantitative estimate of drug-likeness (QED) is 0.683. The first kappa shape index (κ1) is 20.7. The second-order valence-electron chi connectivity index (χ2n) is 6.43. The van der Waals surface area contributed by atoms with Crippen molar-refractivity contribution in [3.8, 4) is 5.75 Å². The molecule has 1 amide bonds. The van der Waals surface area contributed by atoms with Crippen LogP contribution in [0.25, 0.3) is 0 Å². The van der Waals surface area contributed by atoms with E-state index < -0.39 is 10.0 Å². The highest BCUT2D eigenvalue weighted by atomic mass is 35.5. The Labute approximate surface area is 149 Å². The van der Waals surface area contributed by atoms with Crippen LogP contribution in [0.3, 0.4) is 0 Å². The summed E-state index contributed by atoms with van der Waals surface area (Å²) in [6.45, 7) is 7.75. The number of halogens is 1. The van der Waals surface area contributed by atoms with Crippen LogP contribution in [0.5, 0.6) is 5.75 Å². The number of ether oxygens (including phenoxy) is 1. The Hall–Kier alpha value is -1.31. The summed E-state index contributed by atoms with van der Waals surface area (Å²) in [5.74, 6) is -0.0234. The van der Waals surface area contributed by atoms with Gasteiger partial charge in [0.05, 0.1) is 9.92 Å². The first-order valence-corrected chi connectivity index (χ1v) is 9.64. The van der Waals surface area contributed by atoms with Gasteiger partial charge in [-0.05, 0) is 45.4 Å². The van der Waals surface area contributed by atoms with E-state index in [1.165, 1.54) is 18.2 Å².